The van der Waals surface area contributed by atoms with Crippen molar-refractivity contribution in [3.05, 3.63) is 84.4 Å². The van der Waals surface area contributed by atoms with Gasteiger partial charge < -0.3 is 0 Å². The molecule has 0 aliphatic heterocycles. The fraction of sp³-hybridized carbons (Fsp3) is 0.0476. The maximum atomic E-state index is 13.3. The first kappa shape index (κ1) is 16.9. The molecule has 128 valence electrons. The molecule has 0 aliphatic rings. The molecule has 0 unspecified atom stereocenters. The lowest BCUT2D eigenvalue weighted by Gasteiger charge is -2.02. The monoisotopic (exact) mass is 378 g/mol. The van der Waals surface area contributed by atoms with Gasteiger partial charge in [-0.05, 0) is 47.5 Å². The quantitative estimate of drug-likeness (QED) is 0.434. The molecule has 5 heteroatoms. The van der Waals surface area contributed by atoms with Gasteiger partial charge in [-0.1, -0.05) is 24.3 Å². The first-order chi connectivity index (χ1) is 12.7. The van der Waals surface area contributed by atoms with E-state index in [-0.39, 0.29) is 5.82 Å². The Morgan fingerprint density at radius 2 is 1.46 bits per heavy atom. The molecule has 2 nitrogen and oxygen atoms in total. The minimum atomic E-state index is -0.253. The number of thiol groups is 1. The SMILES string of the molecule is Fc1ccc(-c2nc(-c3ccc(CS)cc3)sc2-c2ccncc2)cc1. The van der Waals surface area contributed by atoms with Gasteiger partial charge >= 0.3 is 0 Å². The van der Waals surface area contributed by atoms with Crippen molar-refractivity contribution in [3.63, 3.8) is 0 Å². The highest BCUT2D eigenvalue weighted by Crippen LogP contribution is 2.40. The molecule has 4 aromatic rings. The Bertz CT molecular complexity index is 1010. The van der Waals surface area contributed by atoms with Crippen molar-refractivity contribution in [1.29, 1.82) is 0 Å². The predicted octanol–water partition coefficient (Wildman–Crippen LogP) is 6.11. The van der Waals surface area contributed by atoms with Crippen LogP contribution in [0.15, 0.2) is 73.1 Å². The first-order valence-corrected chi connectivity index (χ1v) is 9.57. The van der Waals surface area contributed by atoms with Crippen LogP contribution in [0.4, 0.5) is 4.39 Å². The molecule has 0 saturated carbocycles. The second-order valence-electron chi connectivity index (χ2n) is 5.79. The van der Waals surface area contributed by atoms with Crippen molar-refractivity contribution in [1.82, 2.24) is 9.97 Å². The van der Waals surface area contributed by atoms with Gasteiger partial charge in [-0.2, -0.15) is 12.6 Å². The minimum Gasteiger partial charge on any atom is -0.265 e. The topological polar surface area (TPSA) is 25.8 Å². The average molecular weight is 378 g/mol. The van der Waals surface area contributed by atoms with Crippen molar-refractivity contribution in [3.8, 4) is 32.3 Å². The molecular formula is C21H15FN2S2. The maximum absolute atomic E-state index is 13.3. The number of halogens is 1. The maximum Gasteiger partial charge on any atom is 0.124 e. The summed E-state index contributed by atoms with van der Waals surface area (Å²) < 4.78 is 13.3. The van der Waals surface area contributed by atoms with Gasteiger partial charge in [0.05, 0.1) is 10.6 Å². The third-order valence-electron chi connectivity index (χ3n) is 4.07. The second-order valence-corrected chi connectivity index (χ2v) is 7.11. The Kier molecular flexibility index (Phi) is 4.82. The predicted molar refractivity (Wildman–Crippen MR) is 109 cm³/mol. The lowest BCUT2D eigenvalue weighted by molar-refractivity contribution is 0.628. The molecule has 0 atom stereocenters. The minimum absolute atomic E-state index is 0.253. The van der Waals surface area contributed by atoms with E-state index in [0.717, 1.165) is 32.3 Å². The first-order valence-electron chi connectivity index (χ1n) is 8.12. The fourth-order valence-electron chi connectivity index (χ4n) is 2.70. The molecular weight excluding hydrogens is 363 g/mol. The third kappa shape index (κ3) is 3.41. The molecule has 2 heterocycles. The van der Waals surface area contributed by atoms with Gasteiger partial charge in [0.1, 0.15) is 10.8 Å². The van der Waals surface area contributed by atoms with Crippen LogP contribution in [0.25, 0.3) is 32.3 Å². The Hall–Kier alpha value is -2.50. The summed E-state index contributed by atoms with van der Waals surface area (Å²) in [6.07, 6.45) is 3.54. The molecule has 26 heavy (non-hydrogen) atoms. The van der Waals surface area contributed by atoms with E-state index in [0.29, 0.717) is 5.75 Å². The lowest BCUT2D eigenvalue weighted by atomic mass is 10.1. The van der Waals surface area contributed by atoms with Crippen LogP contribution < -0.4 is 0 Å². The highest BCUT2D eigenvalue weighted by atomic mass is 32.1. The second kappa shape index (κ2) is 7.40. The zero-order valence-corrected chi connectivity index (χ0v) is 15.5. The van der Waals surface area contributed by atoms with Crippen LogP contribution in [0, 0.1) is 5.82 Å². The standard InChI is InChI=1S/C21H15FN2S2/c22-18-7-5-15(6-8-18)19-20(16-9-11-23-12-10-16)26-21(24-19)17-3-1-14(13-25)2-4-17/h1-12,25H,13H2. The number of aromatic nitrogens is 2. The van der Waals surface area contributed by atoms with E-state index in [2.05, 4.69) is 41.9 Å². The van der Waals surface area contributed by atoms with Gasteiger partial charge in [-0.15, -0.1) is 11.3 Å². The summed E-state index contributed by atoms with van der Waals surface area (Å²) in [6.45, 7) is 0. The van der Waals surface area contributed by atoms with Gasteiger partial charge in [0.15, 0.2) is 0 Å². The van der Waals surface area contributed by atoms with Gasteiger partial charge in [0, 0.05) is 29.3 Å². The molecule has 2 aromatic heterocycles. The molecule has 0 fully saturated rings. The number of pyridine rings is 1. The van der Waals surface area contributed by atoms with Gasteiger partial charge in [0.2, 0.25) is 0 Å². The molecule has 4 rings (SSSR count). The molecule has 0 saturated heterocycles. The molecule has 0 aliphatic carbocycles. The molecule has 0 spiro atoms. The summed E-state index contributed by atoms with van der Waals surface area (Å²) in [5.41, 5.74) is 5.03. The lowest BCUT2D eigenvalue weighted by Crippen LogP contribution is -1.84. The summed E-state index contributed by atoms with van der Waals surface area (Å²) in [4.78, 5) is 10.0. The Labute approximate surface area is 160 Å². The van der Waals surface area contributed by atoms with Crippen LogP contribution in [0.5, 0.6) is 0 Å². The van der Waals surface area contributed by atoms with Crippen LogP contribution in [0.2, 0.25) is 0 Å². The van der Waals surface area contributed by atoms with Gasteiger partial charge in [-0.3, -0.25) is 4.98 Å². The van der Waals surface area contributed by atoms with Crippen LogP contribution in [0.1, 0.15) is 5.56 Å². The number of rotatable bonds is 4. The van der Waals surface area contributed by atoms with Gasteiger partial charge in [0.25, 0.3) is 0 Å². The normalized spacial score (nSPS) is 10.8. The Morgan fingerprint density at radius 1 is 0.808 bits per heavy atom. The molecule has 0 radical (unpaired) electrons. The number of hydrogen-bond donors (Lipinski definition) is 1. The van der Waals surface area contributed by atoms with E-state index in [1.54, 1.807) is 35.9 Å². The summed E-state index contributed by atoms with van der Waals surface area (Å²) in [7, 11) is 0. The van der Waals surface area contributed by atoms with Gasteiger partial charge in [-0.25, -0.2) is 9.37 Å². The fourth-order valence-corrected chi connectivity index (χ4v) is 4.01. The largest absolute Gasteiger partial charge is 0.265 e. The number of thiazole rings is 1. The average Bonchev–Trinajstić information content (AvgIpc) is 3.15. The Morgan fingerprint density at radius 3 is 2.12 bits per heavy atom. The van der Waals surface area contributed by atoms with E-state index in [9.17, 15) is 4.39 Å². The summed E-state index contributed by atoms with van der Waals surface area (Å²) in [5.74, 6) is 0.457. The number of hydrogen-bond acceptors (Lipinski definition) is 4. The summed E-state index contributed by atoms with van der Waals surface area (Å²) >= 11 is 5.93. The van der Waals surface area contributed by atoms with Crippen LogP contribution in [0.3, 0.4) is 0 Å². The highest BCUT2D eigenvalue weighted by molar-refractivity contribution is 7.79. The highest BCUT2D eigenvalue weighted by Gasteiger charge is 2.16. The third-order valence-corrected chi connectivity index (χ3v) is 5.59. The number of nitrogens with zero attached hydrogens (tertiary/aromatic N) is 2. The van der Waals surface area contributed by atoms with E-state index in [4.69, 9.17) is 4.98 Å². The van der Waals surface area contributed by atoms with E-state index in [1.165, 1.54) is 17.7 Å². The zero-order valence-electron chi connectivity index (χ0n) is 13.8. The number of benzene rings is 2. The zero-order chi connectivity index (χ0) is 17.9. The molecule has 0 N–H and O–H groups in total. The molecule has 2 aromatic carbocycles. The van der Waals surface area contributed by atoms with E-state index >= 15 is 0 Å². The Balaban J connectivity index is 1.85. The van der Waals surface area contributed by atoms with Crippen molar-refractivity contribution in [2.45, 2.75) is 5.75 Å². The molecule has 0 amide bonds. The van der Waals surface area contributed by atoms with Crippen LogP contribution in [-0.4, -0.2) is 9.97 Å². The smallest absolute Gasteiger partial charge is 0.124 e. The van der Waals surface area contributed by atoms with Crippen molar-refractivity contribution in [2.75, 3.05) is 0 Å². The van der Waals surface area contributed by atoms with Crippen molar-refractivity contribution in [2.24, 2.45) is 0 Å². The van der Waals surface area contributed by atoms with Crippen LogP contribution >= 0.6 is 24.0 Å². The summed E-state index contributed by atoms with van der Waals surface area (Å²) in [6, 6.07) is 18.7. The van der Waals surface area contributed by atoms with E-state index < -0.39 is 0 Å². The van der Waals surface area contributed by atoms with Crippen molar-refractivity contribution >= 4 is 24.0 Å². The van der Waals surface area contributed by atoms with E-state index in [1.807, 2.05) is 12.1 Å². The van der Waals surface area contributed by atoms with Crippen LogP contribution in [-0.2, 0) is 5.75 Å². The molecule has 0 bridgehead atoms. The van der Waals surface area contributed by atoms with Crippen molar-refractivity contribution < 1.29 is 4.39 Å². The summed E-state index contributed by atoms with van der Waals surface area (Å²) in [5, 5.41) is 0.932.